The summed E-state index contributed by atoms with van der Waals surface area (Å²) in [5.41, 5.74) is -0.196. The van der Waals surface area contributed by atoms with Crippen molar-refractivity contribution < 1.29 is 23.8 Å². The molecule has 0 aromatic heterocycles. The van der Waals surface area contributed by atoms with Crippen molar-refractivity contribution in [3.8, 4) is 5.75 Å². The van der Waals surface area contributed by atoms with E-state index in [1.807, 2.05) is 0 Å². The van der Waals surface area contributed by atoms with Gasteiger partial charge in [-0.2, -0.15) is 0 Å². The van der Waals surface area contributed by atoms with Gasteiger partial charge in [-0.05, 0) is 19.1 Å². The number of halogens is 1. The fourth-order valence-corrected chi connectivity index (χ4v) is 1.40. The number of aromatic hydroxyl groups is 1. The second-order valence-electron chi connectivity index (χ2n) is 3.56. The summed E-state index contributed by atoms with van der Waals surface area (Å²) in [5, 5.41) is 9.06. The van der Waals surface area contributed by atoms with Crippen LogP contribution in [-0.2, 0) is 9.53 Å². The Hall–Kier alpha value is -2.11. The van der Waals surface area contributed by atoms with E-state index in [4.69, 9.17) is 5.11 Å². The third kappa shape index (κ3) is 3.19. The van der Waals surface area contributed by atoms with Gasteiger partial charge in [0, 0.05) is 12.6 Å². The van der Waals surface area contributed by atoms with Gasteiger partial charge >= 0.3 is 5.97 Å². The molecule has 0 radical (unpaired) electrons. The fraction of sp³-hybridized carbons (Fsp3) is 0.333. The molecule has 0 heterocycles. The number of carbonyl (C=O) groups excluding carboxylic acids is 2. The number of hydrogen-bond acceptors (Lipinski definition) is 4. The first-order valence-corrected chi connectivity index (χ1v) is 5.34. The highest BCUT2D eigenvalue weighted by atomic mass is 19.1. The molecule has 1 N–H and O–H groups in total. The first-order chi connectivity index (χ1) is 8.49. The molecule has 98 valence electrons. The first kappa shape index (κ1) is 14.0. The van der Waals surface area contributed by atoms with Crippen LogP contribution in [0.3, 0.4) is 0 Å². The Morgan fingerprint density at radius 3 is 2.61 bits per heavy atom. The van der Waals surface area contributed by atoms with E-state index in [0.29, 0.717) is 0 Å². The van der Waals surface area contributed by atoms with Crippen LogP contribution in [-0.4, -0.2) is 42.1 Å². The number of methoxy groups -OCH3 is 1. The molecule has 5 nitrogen and oxygen atoms in total. The van der Waals surface area contributed by atoms with Crippen LogP contribution in [0.5, 0.6) is 5.75 Å². The first-order valence-electron chi connectivity index (χ1n) is 5.34. The quantitative estimate of drug-likeness (QED) is 0.820. The summed E-state index contributed by atoms with van der Waals surface area (Å²) in [6.07, 6.45) is 0. The molecular formula is C12H14FNO4. The second-order valence-corrected chi connectivity index (χ2v) is 3.56. The minimum Gasteiger partial charge on any atom is -0.508 e. The lowest BCUT2D eigenvalue weighted by Gasteiger charge is -2.19. The summed E-state index contributed by atoms with van der Waals surface area (Å²) in [7, 11) is 1.21. The molecule has 1 amide bonds. The maximum atomic E-state index is 13.5. The van der Waals surface area contributed by atoms with Crippen molar-refractivity contribution >= 4 is 11.9 Å². The van der Waals surface area contributed by atoms with Crippen LogP contribution in [0, 0.1) is 5.82 Å². The van der Waals surface area contributed by atoms with E-state index in [1.165, 1.54) is 19.2 Å². The Kier molecular flexibility index (Phi) is 4.65. The minimum atomic E-state index is -0.830. The maximum Gasteiger partial charge on any atom is 0.325 e. The van der Waals surface area contributed by atoms with Gasteiger partial charge in [0.05, 0.1) is 12.7 Å². The molecule has 6 heteroatoms. The highest BCUT2D eigenvalue weighted by molar-refractivity contribution is 5.96. The Bertz CT molecular complexity index is 461. The van der Waals surface area contributed by atoms with E-state index < -0.39 is 17.7 Å². The van der Waals surface area contributed by atoms with E-state index in [2.05, 4.69) is 4.74 Å². The van der Waals surface area contributed by atoms with Gasteiger partial charge in [0.25, 0.3) is 5.91 Å². The molecule has 1 aromatic carbocycles. The summed E-state index contributed by atoms with van der Waals surface area (Å²) in [6.45, 7) is 1.67. The third-order valence-electron chi connectivity index (χ3n) is 2.40. The molecule has 0 spiro atoms. The van der Waals surface area contributed by atoms with Gasteiger partial charge in [-0.1, -0.05) is 0 Å². The molecule has 0 aliphatic rings. The zero-order valence-electron chi connectivity index (χ0n) is 10.1. The number of amides is 1. The highest BCUT2D eigenvalue weighted by Crippen LogP contribution is 2.16. The molecule has 18 heavy (non-hydrogen) atoms. The van der Waals surface area contributed by atoms with Crippen LogP contribution in [0.4, 0.5) is 4.39 Å². The average Bonchev–Trinajstić information content (AvgIpc) is 2.34. The van der Waals surface area contributed by atoms with Crippen molar-refractivity contribution in [1.82, 2.24) is 4.90 Å². The van der Waals surface area contributed by atoms with Crippen molar-refractivity contribution in [1.29, 1.82) is 0 Å². The summed E-state index contributed by atoms with van der Waals surface area (Å²) < 4.78 is 17.9. The van der Waals surface area contributed by atoms with E-state index in [9.17, 15) is 14.0 Å². The van der Waals surface area contributed by atoms with Gasteiger partial charge in [-0.25, -0.2) is 4.39 Å². The number of hydrogen-bond donors (Lipinski definition) is 1. The molecule has 1 aromatic rings. The number of esters is 1. The number of likely N-dealkylation sites (N-methyl/N-ethyl adjacent to an activating group) is 1. The molecule has 0 atom stereocenters. The largest absolute Gasteiger partial charge is 0.508 e. The molecule has 0 bridgehead atoms. The lowest BCUT2D eigenvalue weighted by Crippen LogP contribution is -2.36. The summed E-state index contributed by atoms with van der Waals surface area (Å²) in [4.78, 5) is 24.2. The van der Waals surface area contributed by atoms with Gasteiger partial charge in [-0.3, -0.25) is 9.59 Å². The number of nitrogens with zero attached hydrogens (tertiary/aromatic N) is 1. The van der Waals surface area contributed by atoms with E-state index >= 15 is 0 Å². The van der Waals surface area contributed by atoms with E-state index in [0.717, 1.165) is 11.0 Å². The summed E-state index contributed by atoms with van der Waals surface area (Å²) in [6, 6.07) is 3.23. The van der Waals surface area contributed by atoms with Gasteiger partial charge in [0.15, 0.2) is 0 Å². The van der Waals surface area contributed by atoms with Crippen LogP contribution in [0.1, 0.15) is 17.3 Å². The predicted octanol–water partition coefficient (Wildman–Crippen LogP) is 1.17. The van der Waals surface area contributed by atoms with Crippen molar-refractivity contribution in [3.05, 3.63) is 29.6 Å². The van der Waals surface area contributed by atoms with Crippen LogP contribution in [0.2, 0.25) is 0 Å². The molecule has 0 saturated heterocycles. The third-order valence-corrected chi connectivity index (χ3v) is 2.40. The Balaban J connectivity index is 2.93. The van der Waals surface area contributed by atoms with Crippen LogP contribution >= 0.6 is 0 Å². The monoisotopic (exact) mass is 255 g/mol. The lowest BCUT2D eigenvalue weighted by molar-refractivity contribution is -0.141. The molecule has 0 fully saturated rings. The highest BCUT2D eigenvalue weighted by Gasteiger charge is 2.20. The van der Waals surface area contributed by atoms with Gasteiger partial charge in [-0.15, -0.1) is 0 Å². The minimum absolute atomic E-state index is 0.196. The number of carbonyl (C=O) groups is 2. The fourth-order valence-electron chi connectivity index (χ4n) is 1.40. The lowest BCUT2D eigenvalue weighted by atomic mass is 10.1. The van der Waals surface area contributed by atoms with Crippen LogP contribution in [0.25, 0.3) is 0 Å². The Labute approximate surface area is 104 Å². The normalized spacial score (nSPS) is 9.94. The number of ether oxygens (including phenoxy) is 1. The summed E-state index contributed by atoms with van der Waals surface area (Å²) in [5.74, 6) is -2.30. The van der Waals surface area contributed by atoms with E-state index in [1.54, 1.807) is 6.92 Å². The van der Waals surface area contributed by atoms with Crippen molar-refractivity contribution in [2.75, 3.05) is 20.2 Å². The molecule has 1 rings (SSSR count). The molecule has 0 saturated carbocycles. The topological polar surface area (TPSA) is 66.8 Å². The number of rotatable bonds is 4. The smallest absolute Gasteiger partial charge is 0.325 e. The van der Waals surface area contributed by atoms with Crippen LogP contribution < -0.4 is 0 Å². The van der Waals surface area contributed by atoms with Crippen LogP contribution in [0.15, 0.2) is 18.2 Å². The van der Waals surface area contributed by atoms with Crippen molar-refractivity contribution in [3.63, 3.8) is 0 Å². The molecule has 0 unspecified atom stereocenters. The average molecular weight is 255 g/mol. The Morgan fingerprint density at radius 1 is 1.44 bits per heavy atom. The Morgan fingerprint density at radius 2 is 2.11 bits per heavy atom. The van der Waals surface area contributed by atoms with Gasteiger partial charge < -0.3 is 14.7 Å². The number of phenolic OH excluding ortho intramolecular Hbond substituents is 1. The van der Waals surface area contributed by atoms with Crippen molar-refractivity contribution in [2.24, 2.45) is 0 Å². The second kappa shape index (κ2) is 6.00. The SMILES string of the molecule is CCN(CC(=O)OC)C(=O)c1ccc(O)cc1F. The van der Waals surface area contributed by atoms with Crippen molar-refractivity contribution in [2.45, 2.75) is 6.92 Å². The van der Waals surface area contributed by atoms with E-state index in [-0.39, 0.29) is 24.4 Å². The number of benzene rings is 1. The molecule has 0 aliphatic carbocycles. The maximum absolute atomic E-state index is 13.5. The molecule has 0 aliphatic heterocycles. The molecular weight excluding hydrogens is 241 g/mol. The zero-order chi connectivity index (χ0) is 13.7. The summed E-state index contributed by atoms with van der Waals surface area (Å²) >= 11 is 0. The van der Waals surface area contributed by atoms with Gasteiger partial charge in [0.2, 0.25) is 0 Å². The zero-order valence-corrected chi connectivity index (χ0v) is 10.1. The predicted molar refractivity (Wildman–Crippen MR) is 61.7 cm³/mol. The van der Waals surface area contributed by atoms with Gasteiger partial charge in [0.1, 0.15) is 18.1 Å². The number of phenols is 1. The standard InChI is InChI=1S/C12H14FNO4/c1-3-14(7-11(16)18-2)12(17)9-5-4-8(15)6-10(9)13/h4-6,15H,3,7H2,1-2H3.